The van der Waals surface area contributed by atoms with Crippen LogP contribution >= 0.6 is 0 Å². The molecule has 0 aliphatic rings. The van der Waals surface area contributed by atoms with Crippen molar-refractivity contribution in [2.75, 3.05) is 0 Å². The van der Waals surface area contributed by atoms with Gasteiger partial charge in [0.25, 0.3) is 11.5 Å². The van der Waals surface area contributed by atoms with Crippen LogP contribution in [0.4, 0.5) is 13.2 Å². The third kappa shape index (κ3) is 4.27. The maximum Gasteiger partial charge on any atom is 0.416 e. The van der Waals surface area contributed by atoms with Crippen LogP contribution in [0.15, 0.2) is 59.7 Å². The summed E-state index contributed by atoms with van der Waals surface area (Å²) in [6, 6.07) is 10.3. The molecule has 6 nitrogen and oxygen atoms in total. The third-order valence-corrected chi connectivity index (χ3v) is 5.24. The predicted octanol–water partition coefficient (Wildman–Crippen LogP) is 4.26. The van der Waals surface area contributed by atoms with Gasteiger partial charge in [0.15, 0.2) is 0 Å². The maximum absolute atomic E-state index is 12.7. The second kappa shape index (κ2) is 7.99. The molecule has 0 aliphatic carbocycles. The van der Waals surface area contributed by atoms with Crippen molar-refractivity contribution in [3.63, 3.8) is 0 Å². The van der Waals surface area contributed by atoms with Crippen LogP contribution in [-0.2, 0) is 12.7 Å². The van der Waals surface area contributed by atoms with E-state index in [-0.39, 0.29) is 17.9 Å². The average Bonchev–Trinajstić information content (AvgIpc) is 3.19. The van der Waals surface area contributed by atoms with Crippen molar-refractivity contribution in [3.05, 3.63) is 93.2 Å². The summed E-state index contributed by atoms with van der Waals surface area (Å²) in [5.41, 5.74) is 3.02. The van der Waals surface area contributed by atoms with E-state index >= 15 is 0 Å². The van der Waals surface area contributed by atoms with E-state index in [9.17, 15) is 22.8 Å². The zero-order valence-electron chi connectivity index (χ0n) is 17.2. The topological polar surface area (TPSA) is 79.3 Å². The molecule has 164 valence electrons. The molecule has 4 aromatic rings. The van der Waals surface area contributed by atoms with Gasteiger partial charge in [-0.05, 0) is 54.3 Å². The number of halogens is 3. The zero-order chi connectivity index (χ0) is 23.0. The van der Waals surface area contributed by atoms with Crippen molar-refractivity contribution >= 4 is 11.6 Å². The van der Waals surface area contributed by atoms with Gasteiger partial charge in [-0.15, -0.1) is 0 Å². The van der Waals surface area contributed by atoms with Crippen LogP contribution in [0.2, 0.25) is 0 Å². The first-order valence-corrected chi connectivity index (χ1v) is 9.76. The second-order valence-corrected chi connectivity index (χ2v) is 7.53. The number of aromatic amines is 1. The largest absolute Gasteiger partial charge is 0.416 e. The number of carbonyl (C=O) groups excluding carboxylic acids is 1. The molecule has 0 atom stereocenters. The summed E-state index contributed by atoms with van der Waals surface area (Å²) in [5, 5.41) is 2.61. The Bertz CT molecular complexity index is 1370. The first-order chi connectivity index (χ1) is 15.1. The Kier molecular flexibility index (Phi) is 5.33. The van der Waals surface area contributed by atoms with Crippen molar-refractivity contribution in [3.8, 4) is 11.3 Å². The Hall–Kier alpha value is -3.88. The molecule has 0 unspecified atom stereocenters. The number of fused-ring (bicyclic) bond motifs is 1. The van der Waals surface area contributed by atoms with Crippen LogP contribution in [0.1, 0.15) is 32.7 Å². The summed E-state index contributed by atoms with van der Waals surface area (Å²) in [7, 11) is 0. The van der Waals surface area contributed by atoms with Crippen molar-refractivity contribution in [1.29, 1.82) is 0 Å². The van der Waals surface area contributed by atoms with Gasteiger partial charge in [0.05, 0.1) is 11.3 Å². The summed E-state index contributed by atoms with van der Waals surface area (Å²) < 4.78 is 39.4. The molecule has 0 bridgehead atoms. The number of amides is 1. The fourth-order valence-electron chi connectivity index (χ4n) is 3.26. The second-order valence-electron chi connectivity index (χ2n) is 7.53. The van der Waals surface area contributed by atoms with Gasteiger partial charge in [-0.2, -0.15) is 13.2 Å². The van der Waals surface area contributed by atoms with Crippen molar-refractivity contribution in [2.45, 2.75) is 26.6 Å². The highest BCUT2D eigenvalue weighted by Crippen LogP contribution is 2.29. The number of imidazole rings is 1. The molecule has 1 amide bonds. The molecule has 4 rings (SSSR count). The lowest BCUT2D eigenvalue weighted by molar-refractivity contribution is -0.137. The molecule has 0 saturated heterocycles. The minimum atomic E-state index is -4.42. The van der Waals surface area contributed by atoms with Crippen LogP contribution in [0.3, 0.4) is 0 Å². The fourth-order valence-corrected chi connectivity index (χ4v) is 3.26. The van der Waals surface area contributed by atoms with E-state index < -0.39 is 23.2 Å². The van der Waals surface area contributed by atoms with Crippen LogP contribution in [0.5, 0.6) is 0 Å². The summed E-state index contributed by atoms with van der Waals surface area (Å²) in [6.45, 7) is 4.00. The normalized spacial score (nSPS) is 11.7. The summed E-state index contributed by atoms with van der Waals surface area (Å²) in [4.78, 5) is 31.8. The molecule has 32 heavy (non-hydrogen) atoms. The number of nitrogens with zero attached hydrogens (tertiary/aromatic N) is 2. The Balaban J connectivity index is 1.54. The third-order valence-electron chi connectivity index (χ3n) is 5.24. The lowest BCUT2D eigenvalue weighted by Gasteiger charge is -2.08. The minimum Gasteiger partial charge on any atom is -0.347 e. The molecule has 0 fully saturated rings. The van der Waals surface area contributed by atoms with Gasteiger partial charge < -0.3 is 10.3 Å². The zero-order valence-corrected chi connectivity index (χ0v) is 17.2. The Morgan fingerprint density at radius 3 is 2.44 bits per heavy atom. The van der Waals surface area contributed by atoms with E-state index in [0.29, 0.717) is 11.3 Å². The summed E-state index contributed by atoms with van der Waals surface area (Å²) in [5.74, 6) is -0.541. The number of rotatable bonds is 4. The first-order valence-electron chi connectivity index (χ1n) is 9.76. The number of H-pyrrole nitrogens is 1. The minimum absolute atomic E-state index is 0.0229. The van der Waals surface area contributed by atoms with Crippen LogP contribution < -0.4 is 10.9 Å². The molecule has 2 N–H and O–H groups in total. The van der Waals surface area contributed by atoms with Gasteiger partial charge >= 0.3 is 6.18 Å². The lowest BCUT2D eigenvalue weighted by atomic mass is 10.0. The fraction of sp³-hybridized carbons (Fsp3) is 0.174. The van der Waals surface area contributed by atoms with Gasteiger partial charge in [0, 0.05) is 18.9 Å². The number of hydrogen-bond acceptors (Lipinski definition) is 3. The number of aromatic nitrogens is 3. The van der Waals surface area contributed by atoms with Crippen molar-refractivity contribution in [1.82, 2.24) is 19.7 Å². The average molecular weight is 440 g/mol. The van der Waals surface area contributed by atoms with E-state index in [1.165, 1.54) is 22.7 Å². The number of aryl methyl sites for hydroxylation is 2. The molecule has 2 aromatic carbocycles. The Labute approximate surface area is 180 Å². The molecule has 0 saturated carbocycles. The van der Waals surface area contributed by atoms with E-state index in [4.69, 9.17) is 0 Å². The molecular weight excluding hydrogens is 421 g/mol. The summed E-state index contributed by atoms with van der Waals surface area (Å²) in [6.07, 6.45) is -1.29. The van der Waals surface area contributed by atoms with Gasteiger partial charge in [-0.25, -0.2) is 4.98 Å². The number of benzene rings is 2. The molecule has 2 heterocycles. The van der Waals surface area contributed by atoms with E-state index in [1.54, 1.807) is 6.20 Å². The van der Waals surface area contributed by atoms with E-state index in [2.05, 4.69) is 15.3 Å². The standard InChI is InChI=1S/C23H19F3N4O2/c1-13-3-6-16(9-14(13)2)18-11-30-12-19(28-20(30)22(32)29-18)21(31)27-10-15-4-7-17(8-5-15)23(24,25)26/h3-9,11-12H,10H2,1-2H3,(H,27,31)(H,29,32). The van der Waals surface area contributed by atoms with Crippen LogP contribution in [-0.4, -0.2) is 20.3 Å². The molecule has 2 aromatic heterocycles. The molecule has 0 radical (unpaired) electrons. The number of alkyl halides is 3. The van der Waals surface area contributed by atoms with Crippen molar-refractivity contribution in [2.24, 2.45) is 0 Å². The number of nitrogens with one attached hydrogen (secondary N) is 2. The number of carbonyl (C=O) groups is 1. The molecular formula is C23H19F3N4O2. The smallest absolute Gasteiger partial charge is 0.347 e. The molecule has 0 aliphatic heterocycles. The SMILES string of the molecule is Cc1ccc(-c2cn3cc(C(=O)NCc4ccc(C(F)(F)F)cc4)nc3c(=O)[nH]2)cc1C. The monoisotopic (exact) mass is 440 g/mol. The predicted molar refractivity (Wildman–Crippen MR) is 113 cm³/mol. The van der Waals surface area contributed by atoms with Gasteiger partial charge in [0.1, 0.15) is 5.69 Å². The highest BCUT2D eigenvalue weighted by atomic mass is 19.4. The van der Waals surface area contributed by atoms with Crippen molar-refractivity contribution < 1.29 is 18.0 Å². The first kappa shape index (κ1) is 21.4. The van der Waals surface area contributed by atoms with E-state index in [0.717, 1.165) is 28.8 Å². The van der Waals surface area contributed by atoms with E-state index in [1.807, 2.05) is 32.0 Å². The quantitative estimate of drug-likeness (QED) is 0.498. The molecule has 0 spiro atoms. The Morgan fingerprint density at radius 2 is 1.78 bits per heavy atom. The molecule has 9 heteroatoms. The van der Waals surface area contributed by atoms with Gasteiger partial charge in [0.2, 0.25) is 5.65 Å². The number of hydrogen-bond donors (Lipinski definition) is 2. The van der Waals surface area contributed by atoms with Gasteiger partial charge in [-0.1, -0.05) is 24.3 Å². The maximum atomic E-state index is 12.7. The highest BCUT2D eigenvalue weighted by Gasteiger charge is 2.29. The summed E-state index contributed by atoms with van der Waals surface area (Å²) >= 11 is 0. The Morgan fingerprint density at radius 1 is 1.06 bits per heavy atom. The highest BCUT2D eigenvalue weighted by molar-refractivity contribution is 5.92. The lowest BCUT2D eigenvalue weighted by Crippen LogP contribution is -2.23. The van der Waals surface area contributed by atoms with Crippen LogP contribution in [0.25, 0.3) is 16.9 Å². The van der Waals surface area contributed by atoms with Gasteiger partial charge in [-0.3, -0.25) is 14.0 Å². The van der Waals surface area contributed by atoms with Crippen LogP contribution in [0, 0.1) is 13.8 Å².